The third-order valence-electron chi connectivity index (χ3n) is 7.98. The van der Waals surface area contributed by atoms with Gasteiger partial charge in [-0.2, -0.15) is 5.10 Å². The maximum absolute atomic E-state index is 13.6. The van der Waals surface area contributed by atoms with Crippen molar-refractivity contribution in [3.8, 4) is 0 Å². The van der Waals surface area contributed by atoms with Gasteiger partial charge in [0.05, 0.1) is 27.0 Å². The van der Waals surface area contributed by atoms with Crippen LogP contribution >= 0.6 is 0 Å². The number of hydrogen-bond acceptors (Lipinski definition) is 5. The van der Waals surface area contributed by atoms with Crippen LogP contribution < -0.4 is 10.2 Å². The highest BCUT2D eigenvalue weighted by Crippen LogP contribution is 2.54. The number of nitrogens with one attached hydrogen (secondary N) is 2. The van der Waals surface area contributed by atoms with Crippen LogP contribution in [0, 0.1) is 17.1 Å². The predicted molar refractivity (Wildman–Crippen MR) is 132 cm³/mol. The molecule has 2 N–H and O–H groups in total. The number of rotatable bonds is 5. The van der Waals surface area contributed by atoms with Crippen LogP contribution in [0.5, 0.6) is 0 Å². The smallest absolute Gasteiger partial charge is 0.258 e. The summed E-state index contributed by atoms with van der Waals surface area (Å²) in [4.78, 5) is 15.9. The van der Waals surface area contributed by atoms with Gasteiger partial charge in [-0.3, -0.25) is 9.48 Å². The number of aromatic nitrogens is 2. The van der Waals surface area contributed by atoms with E-state index >= 15 is 0 Å². The van der Waals surface area contributed by atoms with E-state index in [2.05, 4.69) is 15.3 Å². The third kappa shape index (κ3) is 5.08. The van der Waals surface area contributed by atoms with E-state index in [4.69, 9.17) is 4.78 Å². The molecule has 1 unspecified atom stereocenters. The molecule has 2 saturated carbocycles. The lowest BCUT2D eigenvalue weighted by Crippen LogP contribution is -2.35. The molecule has 2 heterocycles. The molecule has 0 bridgehead atoms. The van der Waals surface area contributed by atoms with Crippen molar-refractivity contribution in [3.63, 3.8) is 0 Å². The Morgan fingerprint density at radius 3 is 2.37 bits per heavy atom. The van der Waals surface area contributed by atoms with Crippen LogP contribution in [0.2, 0.25) is 0 Å². The molecule has 10 heteroatoms. The second-order valence-electron chi connectivity index (χ2n) is 10.7. The lowest BCUT2D eigenvalue weighted by atomic mass is 9.92. The Kier molecular flexibility index (Phi) is 5.93. The van der Waals surface area contributed by atoms with Crippen molar-refractivity contribution in [2.24, 2.45) is 5.41 Å². The summed E-state index contributed by atoms with van der Waals surface area (Å²) in [6, 6.07) is 6.62. The number of piperidine rings is 1. The van der Waals surface area contributed by atoms with Crippen molar-refractivity contribution >= 4 is 27.1 Å². The van der Waals surface area contributed by atoms with Gasteiger partial charge in [0, 0.05) is 48.8 Å². The molecule has 190 valence electrons. The summed E-state index contributed by atoms with van der Waals surface area (Å²) < 4.78 is 49.3. The monoisotopic (exact) mass is 505 g/mol. The SMILES string of the molecule is Cc1cc(NC(=O)c2ccc(S(C)(=N)=O)cc2N2CCC3(CC2)CC3)nn1C1CCC(F)(F)CC1. The predicted octanol–water partition coefficient (Wildman–Crippen LogP) is 5.61. The fourth-order valence-corrected chi connectivity index (χ4v) is 6.14. The van der Waals surface area contributed by atoms with E-state index in [9.17, 15) is 17.8 Å². The summed E-state index contributed by atoms with van der Waals surface area (Å²) in [7, 11) is -2.93. The number of aryl methyl sites for hydroxylation is 1. The molecule has 2 aromatic rings. The second-order valence-corrected chi connectivity index (χ2v) is 12.8. The highest BCUT2D eigenvalue weighted by Gasteiger charge is 2.44. The van der Waals surface area contributed by atoms with Gasteiger partial charge in [-0.15, -0.1) is 0 Å². The van der Waals surface area contributed by atoms with E-state index in [1.165, 1.54) is 19.1 Å². The molecule has 35 heavy (non-hydrogen) atoms. The first-order valence-electron chi connectivity index (χ1n) is 12.3. The van der Waals surface area contributed by atoms with Gasteiger partial charge in [0.1, 0.15) is 0 Å². The van der Waals surface area contributed by atoms with Crippen molar-refractivity contribution in [1.82, 2.24) is 9.78 Å². The number of carbonyl (C=O) groups is 1. The molecule has 2 aliphatic carbocycles. The Labute approximate surface area is 205 Å². The van der Waals surface area contributed by atoms with Gasteiger partial charge in [-0.05, 0) is 69.1 Å². The summed E-state index contributed by atoms with van der Waals surface area (Å²) in [5.74, 6) is -2.55. The van der Waals surface area contributed by atoms with Crippen LogP contribution in [0.3, 0.4) is 0 Å². The van der Waals surface area contributed by atoms with E-state index in [0.29, 0.717) is 40.2 Å². The van der Waals surface area contributed by atoms with Gasteiger partial charge < -0.3 is 10.2 Å². The average Bonchev–Trinajstić information content (AvgIpc) is 3.45. The Morgan fingerprint density at radius 1 is 1.11 bits per heavy atom. The summed E-state index contributed by atoms with van der Waals surface area (Å²) in [5.41, 5.74) is 2.44. The third-order valence-corrected chi connectivity index (χ3v) is 9.14. The van der Waals surface area contributed by atoms with E-state index < -0.39 is 15.7 Å². The number of carbonyl (C=O) groups excluding carboxylic acids is 1. The van der Waals surface area contributed by atoms with Crippen molar-refractivity contribution in [3.05, 3.63) is 35.5 Å². The zero-order chi connectivity index (χ0) is 25.0. The van der Waals surface area contributed by atoms with Gasteiger partial charge in [-0.1, -0.05) is 0 Å². The molecule has 1 amide bonds. The number of benzene rings is 1. The van der Waals surface area contributed by atoms with E-state index in [-0.39, 0.29) is 24.8 Å². The van der Waals surface area contributed by atoms with Crippen molar-refractivity contribution < 1.29 is 17.8 Å². The van der Waals surface area contributed by atoms with E-state index in [1.54, 1.807) is 28.9 Å². The lowest BCUT2D eigenvalue weighted by molar-refractivity contribution is -0.0451. The van der Waals surface area contributed by atoms with Crippen molar-refractivity contribution in [1.29, 1.82) is 4.78 Å². The molecule has 1 aromatic carbocycles. The zero-order valence-electron chi connectivity index (χ0n) is 20.3. The molecule has 3 aliphatic rings. The molecule has 1 saturated heterocycles. The normalized spacial score (nSPS) is 23.1. The van der Waals surface area contributed by atoms with Crippen LogP contribution in [0.1, 0.15) is 73.5 Å². The minimum Gasteiger partial charge on any atom is -0.371 e. The zero-order valence-corrected chi connectivity index (χ0v) is 21.1. The first-order valence-corrected chi connectivity index (χ1v) is 14.3. The van der Waals surface area contributed by atoms with Crippen LogP contribution in [0.4, 0.5) is 20.3 Å². The number of amides is 1. The molecule has 1 atom stereocenters. The highest BCUT2D eigenvalue weighted by molar-refractivity contribution is 7.91. The van der Waals surface area contributed by atoms with E-state index in [0.717, 1.165) is 31.6 Å². The minimum absolute atomic E-state index is 0.104. The molecule has 3 fully saturated rings. The van der Waals surface area contributed by atoms with Gasteiger partial charge in [-0.25, -0.2) is 17.8 Å². The minimum atomic E-state index is -2.93. The standard InChI is InChI=1S/C25H33F2N5O2S/c1-17-15-22(30-32(17)18-5-7-25(26,27)8-6-18)29-23(33)20-4-3-19(35(2,28)34)16-21(20)31-13-11-24(9-10-24)12-14-31/h3-4,15-16,18,28H,5-14H2,1-2H3,(H,29,30,33). The van der Waals surface area contributed by atoms with E-state index in [1.807, 2.05) is 6.92 Å². The molecule has 1 aromatic heterocycles. The van der Waals surface area contributed by atoms with Gasteiger partial charge in [0.25, 0.3) is 5.91 Å². The molecule has 1 aliphatic heterocycles. The first-order chi connectivity index (χ1) is 16.4. The Bertz CT molecular complexity index is 1230. The Balaban J connectivity index is 1.37. The number of anilines is 2. The maximum Gasteiger partial charge on any atom is 0.258 e. The van der Waals surface area contributed by atoms with Crippen LogP contribution in [-0.4, -0.2) is 45.2 Å². The molecular formula is C25H33F2N5O2S. The topological polar surface area (TPSA) is 91.1 Å². The van der Waals surface area contributed by atoms with Gasteiger partial charge in [0.15, 0.2) is 5.82 Å². The number of hydrogen-bond donors (Lipinski definition) is 2. The molecular weight excluding hydrogens is 472 g/mol. The van der Waals surface area contributed by atoms with Crippen LogP contribution in [0.15, 0.2) is 29.2 Å². The fourth-order valence-electron chi connectivity index (χ4n) is 5.48. The molecule has 7 nitrogen and oxygen atoms in total. The largest absolute Gasteiger partial charge is 0.371 e. The maximum atomic E-state index is 13.6. The Hall–Kier alpha value is -2.49. The summed E-state index contributed by atoms with van der Waals surface area (Å²) in [6.07, 6.45) is 6.48. The summed E-state index contributed by atoms with van der Waals surface area (Å²) in [5, 5.41) is 7.40. The van der Waals surface area contributed by atoms with Crippen molar-refractivity contribution in [2.45, 2.75) is 75.2 Å². The number of alkyl halides is 2. The highest BCUT2D eigenvalue weighted by atomic mass is 32.2. The molecule has 1 spiro atoms. The number of nitrogens with zero attached hydrogens (tertiary/aromatic N) is 3. The lowest BCUT2D eigenvalue weighted by Gasteiger charge is -2.35. The fraction of sp³-hybridized carbons (Fsp3) is 0.600. The van der Waals surface area contributed by atoms with Crippen LogP contribution in [-0.2, 0) is 9.73 Å². The molecule has 5 rings (SSSR count). The molecule has 0 radical (unpaired) electrons. The number of halogens is 2. The second kappa shape index (κ2) is 8.57. The quantitative estimate of drug-likeness (QED) is 0.553. The first kappa shape index (κ1) is 24.2. The average molecular weight is 506 g/mol. The van der Waals surface area contributed by atoms with Crippen molar-refractivity contribution in [2.75, 3.05) is 29.6 Å². The summed E-state index contributed by atoms with van der Waals surface area (Å²) in [6.45, 7) is 3.52. The van der Waals surface area contributed by atoms with Crippen LogP contribution in [0.25, 0.3) is 0 Å². The van der Waals surface area contributed by atoms with Gasteiger partial charge in [0.2, 0.25) is 5.92 Å². The Morgan fingerprint density at radius 2 is 1.77 bits per heavy atom. The summed E-state index contributed by atoms with van der Waals surface area (Å²) >= 11 is 0. The van der Waals surface area contributed by atoms with Gasteiger partial charge >= 0.3 is 0 Å².